The Labute approximate surface area is 160 Å². The van der Waals surface area contributed by atoms with Crippen LogP contribution in [-0.2, 0) is 10.0 Å². The minimum Gasteiger partial charge on any atom is -0.435 e. The average Bonchev–Trinajstić information content (AvgIpc) is 2.93. The summed E-state index contributed by atoms with van der Waals surface area (Å²) in [7, 11) is -3.93. The first-order valence-corrected chi connectivity index (χ1v) is 10.0. The van der Waals surface area contributed by atoms with Crippen molar-refractivity contribution in [1.29, 1.82) is 0 Å². The van der Waals surface area contributed by atoms with Gasteiger partial charge in [0, 0.05) is 37.6 Å². The van der Waals surface area contributed by atoms with Crippen LogP contribution in [0.5, 0.6) is 5.75 Å². The minimum atomic E-state index is -3.93. The second-order valence-electron chi connectivity index (χ2n) is 6.64. The topological polar surface area (TPSA) is 79.8 Å². The Hall–Kier alpha value is -2.59. The van der Waals surface area contributed by atoms with E-state index >= 15 is 0 Å². The van der Waals surface area contributed by atoms with Crippen molar-refractivity contribution in [1.82, 2.24) is 14.2 Å². The molecule has 3 heterocycles. The summed E-state index contributed by atoms with van der Waals surface area (Å²) in [6.45, 7) is -0.794. The third-order valence-corrected chi connectivity index (χ3v) is 6.80. The van der Waals surface area contributed by atoms with Crippen LogP contribution < -0.4 is 4.74 Å². The number of piperazine rings is 1. The fraction of sp³-hybridized carbons (Fsp3) is 0.333. The molecule has 0 N–H and O–H groups in total. The summed E-state index contributed by atoms with van der Waals surface area (Å²) in [5.74, 6) is -0.380. The normalized spacial score (nSPS) is 19.6. The molecular formula is C18H17F2N3O4S. The number of halogens is 2. The van der Waals surface area contributed by atoms with E-state index in [1.807, 2.05) is 0 Å². The van der Waals surface area contributed by atoms with Crippen molar-refractivity contribution in [2.24, 2.45) is 0 Å². The van der Waals surface area contributed by atoms with Gasteiger partial charge in [0.25, 0.3) is 5.91 Å². The number of hydrogen-bond acceptors (Lipinski definition) is 5. The van der Waals surface area contributed by atoms with Gasteiger partial charge in [-0.05, 0) is 30.7 Å². The smallest absolute Gasteiger partial charge is 0.387 e. The molecule has 0 aliphatic carbocycles. The number of benzene rings is 1. The quantitative estimate of drug-likeness (QED) is 0.774. The minimum absolute atomic E-state index is 0.0878. The lowest BCUT2D eigenvalue weighted by Crippen LogP contribution is -2.49. The number of carbonyl (C=O) groups excluding carboxylic acids is 1. The Bertz CT molecular complexity index is 1040. The summed E-state index contributed by atoms with van der Waals surface area (Å²) in [6, 6.07) is 6.44. The zero-order valence-electron chi connectivity index (χ0n) is 14.9. The van der Waals surface area contributed by atoms with E-state index in [1.54, 1.807) is 17.9 Å². The molecule has 1 aromatic carbocycles. The van der Waals surface area contributed by atoms with Gasteiger partial charge in [-0.15, -0.1) is 0 Å². The van der Waals surface area contributed by atoms with E-state index in [4.69, 9.17) is 0 Å². The number of alkyl halides is 2. The van der Waals surface area contributed by atoms with Gasteiger partial charge in [0.2, 0.25) is 10.0 Å². The highest BCUT2D eigenvalue weighted by atomic mass is 32.2. The molecule has 4 rings (SSSR count). The molecule has 0 saturated carbocycles. The summed E-state index contributed by atoms with van der Waals surface area (Å²) in [5, 5.41) is 0. The Kier molecular flexibility index (Phi) is 4.54. The number of rotatable bonds is 4. The fourth-order valence-electron chi connectivity index (χ4n) is 3.64. The molecular weight excluding hydrogens is 392 g/mol. The van der Waals surface area contributed by atoms with E-state index < -0.39 is 22.7 Å². The average molecular weight is 409 g/mol. The van der Waals surface area contributed by atoms with E-state index in [0.717, 1.165) is 17.3 Å². The number of hydrogen-bond donors (Lipinski definition) is 0. The number of fused-ring (bicyclic) bond motifs is 3. The number of aryl methyl sites for hydroxylation is 1. The summed E-state index contributed by atoms with van der Waals surface area (Å²) >= 11 is 0. The predicted octanol–water partition coefficient (Wildman–Crippen LogP) is 2.19. The lowest BCUT2D eigenvalue weighted by atomic mass is 10.1. The van der Waals surface area contributed by atoms with Crippen LogP contribution in [0, 0.1) is 6.92 Å². The van der Waals surface area contributed by atoms with Crippen molar-refractivity contribution in [2.45, 2.75) is 24.5 Å². The highest BCUT2D eigenvalue weighted by Crippen LogP contribution is 2.37. The van der Waals surface area contributed by atoms with Crippen molar-refractivity contribution < 1.29 is 26.7 Å². The molecule has 2 aliphatic heterocycles. The molecule has 1 unspecified atom stereocenters. The first-order valence-electron chi connectivity index (χ1n) is 8.60. The standard InChI is InChI=1S/C18H17F2N3O4S/c1-11-7-14-15(9-21-11)17(24)23-6-5-22(10-16(14)23)28(25,26)13-4-2-3-12(8-13)27-18(19)20/h2-4,7-9,16,18H,5-6,10H2,1H3. The molecule has 1 fully saturated rings. The monoisotopic (exact) mass is 409 g/mol. The van der Waals surface area contributed by atoms with Crippen LogP contribution >= 0.6 is 0 Å². The maximum atomic E-state index is 13.0. The largest absolute Gasteiger partial charge is 0.435 e. The number of aromatic nitrogens is 1. The van der Waals surface area contributed by atoms with Gasteiger partial charge >= 0.3 is 6.61 Å². The van der Waals surface area contributed by atoms with Crippen LogP contribution in [0.1, 0.15) is 27.7 Å². The first kappa shape index (κ1) is 18.8. The van der Waals surface area contributed by atoms with Gasteiger partial charge in [0.05, 0.1) is 16.5 Å². The van der Waals surface area contributed by atoms with Gasteiger partial charge in [-0.3, -0.25) is 9.78 Å². The second kappa shape index (κ2) is 6.78. The van der Waals surface area contributed by atoms with E-state index in [9.17, 15) is 22.0 Å². The summed E-state index contributed by atoms with van der Waals surface area (Å²) < 4.78 is 56.5. The summed E-state index contributed by atoms with van der Waals surface area (Å²) in [6.07, 6.45) is 1.52. The SMILES string of the molecule is Cc1cc2c(cn1)C(=O)N1CCN(S(=O)(=O)c3cccc(OC(F)F)c3)CC21. The van der Waals surface area contributed by atoms with E-state index in [2.05, 4.69) is 9.72 Å². The molecule has 2 aliphatic rings. The molecule has 1 saturated heterocycles. The highest BCUT2D eigenvalue weighted by molar-refractivity contribution is 7.89. The van der Waals surface area contributed by atoms with E-state index in [1.165, 1.54) is 28.7 Å². The Morgan fingerprint density at radius 3 is 2.79 bits per heavy atom. The fourth-order valence-corrected chi connectivity index (χ4v) is 5.11. The van der Waals surface area contributed by atoms with Crippen LogP contribution in [0.2, 0.25) is 0 Å². The van der Waals surface area contributed by atoms with Crippen LogP contribution in [-0.4, -0.2) is 54.8 Å². The molecule has 0 spiro atoms. The van der Waals surface area contributed by atoms with Crippen molar-refractivity contribution in [3.05, 3.63) is 53.3 Å². The van der Waals surface area contributed by atoms with Gasteiger partial charge in [-0.2, -0.15) is 13.1 Å². The highest BCUT2D eigenvalue weighted by Gasteiger charge is 2.43. The zero-order chi connectivity index (χ0) is 20.1. The molecule has 2 aromatic rings. The molecule has 148 valence electrons. The molecule has 1 amide bonds. The molecule has 0 bridgehead atoms. The number of nitrogens with zero attached hydrogens (tertiary/aromatic N) is 3. The van der Waals surface area contributed by atoms with Crippen LogP contribution in [0.3, 0.4) is 0 Å². The van der Waals surface area contributed by atoms with Gasteiger partial charge in [0.1, 0.15) is 5.75 Å². The number of pyridine rings is 1. The van der Waals surface area contributed by atoms with Crippen LogP contribution in [0.25, 0.3) is 0 Å². The molecule has 1 aromatic heterocycles. The number of amides is 1. The lowest BCUT2D eigenvalue weighted by Gasteiger charge is -2.37. The maximum Gasteiger partial charge on any atom is 0.387 e. The van der Waals surface area contributed by atoms with Gasteiger partial charge in [-0.25, -0.2) is 8.42 Å². The Morgan fingerprint density at radius 1 is 1.25 bits per heavy atom. The predicted molar refractivity (Wildman–Crippen MR) is 94.6 cm³/mol. The van der Waals surface area contributed by atoms with Crippen molar-refractivity contribution in [2.75, 3.05) is 19.6 Å². The molecule has 7 nitrogen and oxygen atoms in total. The third-order valence-electron chi connectivity index (χ3n) is 4.93. The van der Waals surface area contributed by atoms with Crippen molar-refractivity contribution in [3.8, 4) is 5.75 Å². The summed E-state index contributed by atoms with van der Waals surface area (Å²) in [5.41, 5.74) is 1.99. The number of ether oxygens (including phenoxy) is 1. The van der Waals surface area contributed by atoms with Gasteiger partial charge in [0.15, 0.2) is 0 Å². The van der Waals surface area contributed by atoms with Gasteiger partial charge < -0.3 is 9.64 Å². The first-order chi connectivity index (χ1) is 13.3. The van der Waals surface area contributed by atoms with Crippen LogP contribution in [0.15, 0.2) is 41.4 Å². The number of carbonyl (C=O) groups is 1. The second-order valence-corrected chi connectivity index (χ2v) is 8.58. The molecule has 28 heavy (non-hydrogen) atoms. The van der Waals surface area contributed by atoms with Crippen molar-refractivity contribution >= 4 is 15.9 Å². The van der Waals surface area contributed by atoms with Gasteiger partial charge in [-0.1, -0.05) is 6.07 Å². The zero-order valence-corrected chi connectivity index (χ0v) is 15.7. The molecule has 1 atom stereocenters. The Balaban J connectivity index is 1.64. The lowest BCUT2D eigenvalue weighted by molar-refractivity contribution is -0.0500. The third kappa shape index (κ3) is 3.12. The van der Waals surface area contributed by atoms with Crippen molar-refractivity contribution in [3.63, 3.8) is 0 Å². The molecule has 10 heteroatoms. The summed E-state index contributed by atoms with van der Waals surface area (Å²) in [4.78, 5) is 18.2. The molecule has 0 radical (unpaired) electrons. The number of sulfonamides is 1. The van der Waals surface area contributed by atoms with Crippen LogP contribution in [0.4, 0.5) is 8.78 Å². The Morgan fingerprint density at radius 2 is 2.04 bits per heavy atom. The van der Waals surface area contributed by atoms with E-state index in [-0.39, 0.29) is 36.2 Å². The maximum absolute atomic E-state index is 13.0. The van der Waals surface area contributed by atoms with E-state index in [0.29, 0.717) is 5.56 Å².